The summed E-state index contributed by atoms with van der Waals surface area (Å²) in [5, 5.41) is 10.6. The van der Waals surface area contributed by atoms with E-state index in [1.807, 2.05) is 0 Å². The van der Waals surface area contributed by atoms with Gasteiger partial charge < -0.3 is 10.5 Å². The number of nitrogens with two attached hydrogens (primary N) is 1. The van der Waals surface area contributed by atoms with Gasteiger partial charge in [0.25, 0.3) is 10.9 Å². The molecule has 0 saturated heterocycles. The minimum Gasteiger partial charge on any atom is -0.381 e. The molecule has 1 heterocycles. The van der Waals surface area contributed by atoms with Gasteiger partial charge in [-0.05, 0) is 6.07 Å². The Morgan fingerprint density at radius 3 is 2.94 bits per heavy atom. The predicted octanol–water partition coefficient (Wildman–Crippen LogP) is 1.66. The summed E-state index contributed by atoms with van der Waals surface area (Å²) in [5.74, 6) is 0. The second-order valence-electron chi connectivity index (χ2n) is 2.81. The molecule has 8 heteroatoms. The number of fused-ring (bicyclic) bond motifs is 1. The highest BCUT2D eigenvalue weighted by atomic mass is 32.1. The lowest BCUT2D eigenvalue weighted by molar-refractivity contribution is -0.384. The van der Waals surface area contributed by atoms with E-state index in [-0.39, 0.29) is 10.9 Å². The number of ether oxygens (including phenoxy) is 1. The Hall–Kier alpha value is -2.22. The zero-order chi connectivity index (χ0) is 11.7. The van der Waals surface area contributed by atoms with Crippen LogP contribution in [0.15, 0.2) is 18.2 Å². The molecule has 0 unspecified atom stereocenters. The second kappa shape index (κ2) is 3.74. The maximum absolute atomic E-state index is 10.5. The molecule has 82 valence electrons. The summed E-state index contributed by atoms with van der Waals surface area (Å²) in [7, 11) is 0. The fourth-order valence-corrected chi connectivity index (χ4v) is 1.99. The fraction of sp³-hybridized carbons (Fsp3) is 0. The number of carbonyl (C=O) groups excluding carboxylic acids is 1. The third-order valence-corrected chi connectivity index (χ3v) is 2.65. The molecule has 0 aliphatic rings. The van der Waals surface area contributed by atoms with Crippen molar-refractivity contribution in [1.29, 1.82) is 0 Å². The minimum absolute atomic E-state index is 0.0400. The van der Waals surface area contributed by atoms with Gasteiger partial charge in [0, 0.05) is 12.1 Å². The number of amides is 1. The van der Waals surface area contributed by atoms with Gasteiger partial charge in [0.15, 0.2) is 0 Å². The van der Waals surface area contributed by atoms with Gasteiger partial charge in [-0.1, -0.05) is 11.3 Å². The van der Waals surface area contributed by atoms with Crippen molar-refractivity contribution in [3.8, 4) is 5.19 Å². The number of primary amides is 1. The molecule has 1 amide bonds. The summed E-state index contributed by atoms with van der Waals surface area (Å²) < 4.78 is 5.14. The number of benzene rings is 1. The first-order valence-electron chi connectivity index (χ1n) is 4.08. The van der Waals surface area contributed by atoms with Gasteiger partial charge in [-0.3, -0.25) is 10.1 Å². The van der Waals surface area contributed by atoms with Crippen molar-refractivity contribution in [2.75, 3.05) is 0 Å². The van der Waals surface area contributed by atoms with E-state index >= 15 is 0 Å². The summed E-state index contributed by atoms with van der Waals surface area (Å²) in [4.78, 5) is 24.4. The van der Waals surface area contributed by atoms with Gasteiger partial charge in [0.1, 0.15) is 0 Å². The number of aromatic nitrogens is 1. The third kappa shape index (κ3) is 1.91. The van der Waals surface area contributed by atoms with Crippen LogP contribution in [0.5, 0.6) is 5.19 Å². The van der Waals surface area contributed by atoms with Gasteiger partial charge in [-0.15, -0.1) is 0 Å². The third-order valence-electron chi connectivity index (χ3n) is 1.75. The molecule has 0 fully saturated rings. The molecule has 0 radical (unpaired) electrons. The van der Waals surface area contributed by atoms with Crippen LogP contribution in [-0.4, -0.2) is 16.0 Å². The van der Waals surface area contributed by atoms with Gasteiger partial charge >= 0.3 is 6.09 Å². The number of hydrogen-bond donors (Lipinski definition) is 1. The average molecular weight is 239 g/mol. The monoisotopic (exact) mass is 239 g/mol. The number of rotatable bonds is 2. The van der Waals surface area contributed by atoms with Gasteiger partial charge in [0.2, 0.25) is 0 Å². The van der Waals surface area contributed by atoms with Crippen LogP contribution in [-0.2, 0) is 0 Å². The number of non-ortho nitro benzene ring substituents is 1. The standard InChI is InChI=1S/C8H5N3O4S/c9-7(12)15-8-10-5-2-1-4(11(13)14)3-6(5)16-8/h1-3H,(H2,9,12). The summed E-state index contributed by atoms with van der Waals surface area (Å²) in [6, 6.07) is 4.18. The Bertz CT molecular complexity index is 580. The highest BCUT2D eigenvalue weighted by Gasteiger charge is 2.11. The smallest absolute Gasteiger partial charge is 0.381 e. The highest BCUT2D eigenvalue weighted by molar-refractivity contribution is 7.20. The average Bonchev–Trinajstić information content (AvgIpc) is 2.56. The molecule has 2 aromatic rings. The lowest BCUT2D eigenvalue weighted by Gasteiger charge is -1.90. The Balaban J connectivity index is 2.45. The van der Waals surface area contributed by atoms with E-state index in [4.69, 9.17) is 5.73 Å². The molecule has 0 bridgehead atoms. The largest absolute Gasteiger partial charge is 0.411 e. The van der Waals surface area contributed by atoms with E-state index in [1.54, 1.807) is 0 Å². The summed E-state index contributed by atoms with van der Waals surface area (Å²) in [6.45, 7) is 0. The molecule has 0 atom stereocenters. The lowest BCUT2D eigenvalue weighted by atomic mass is 10.3. The molecule has 2 N–H and O–H groups in total. The second-order valence-corrected chi connectivity index (χ2v) is 3.80. The minimum atomic E-state index is -0.964. The highest BCUT2D eigenvalue weighted by Crippen LogP contribution is 2.30. The van der Waals surface area contributed by atoms with Gasteiger partial charge in [-0.25, -0.2) is 9.78 Å². The maximum atomic E-state index is 10.5. The summed E-state index contributed by atoms with van der Waals surface area (Å²) in [6.07, 6.45) is -0.964. The molecule has 1 aromatic heterocycles. The Morgan fingerprint density at radius 1 is 1.56 bits per heavy atom. The van der Waals surface area contributed by atoms with Crippen LogP contribution in [0.3, 0.4) is 0 Å². The quantitative estimate of drug-likeness (QED) is 0.633. The molecule has 2 rings (SSSR count). The Morgan fingerprint density at radius 2 is 2.31 bits per heavy atom. The number of carbonyl (C=O) groups is 1. The molecule has 0 aliphatic carbocycles. The SMILES string of the molecule is NC(=O)Oc1nc2ccc([N+](=O)[O-])cc2s1. The van der Waals surface area contributed by atoms with Crippen LogP contribution in [0.4, 0.5) is 10.5 Å². The molecule has 1 aromatic carbocycles. The zero-order valence-electron chi connectivity index (χ0n) is 7.75. The number of thiazole rings is 1. The maximum Gasteiger partial charge on any atom is 0.411 e. The van der Waals surface area contributed by atoms with Crippen LogP contribution in [0, 0.1) is 10.1 Å². The molecule has 0 spiro atoms. The Labute approximate surface area is 92.6 Å². The van der Waals surface area contributed by atoms with E-state index in [0.717, 1.165) is 11.3 Å². The first kappa shape index (κ1) is 10.3. The van der Waals surface area contributed by atoms with Crippen molar-refractivity contribution in [2.24, 2.45) is 5.73 Å². The number of nitrogens with zero attached hydrogens (tertiary/aromatic N) is 2. The van der Waals surface area contributed by atoms with Gasteiger partial charge in [-0.2, -0.15) is 0 Å². The van der Waals surface area contributed by atoms with E-state index in [1.165, 1.54) is 18.2 Å². The Kier molecular flexibility index (Phi) is 2.41. The molecular formula is C8H5N3O4S. The first-order valence-corrected chi connectivity index (χ1v) is 4.90. The summed E-state index contributed by atoms with van der Waals surface area (Å²) >= 11 is 1.02. The van der Waals surface area contributed by atoms with Crippen LogP contribution in [0.1, 0.15) is 0 Å². The number of hydrogen-bond acceptors (Lipinski definition) is 6. The lowest BCUT2D eigenvalue weighted by Crippen LogP contribution is -2.15. The van der Waals surface area contributed by atoms with E-state index in [0.29, 0.717) is 10.2 Å². The predicted molar refractivity (Wildman–Crippen MR) is 56.5 cm³/mol. The van der Waals surface area contributed by atoms with Crippen LogP contribution < -0.4 is 10.5 Å². The molecule has 0 aliphatic heterocycles. The van der Waals surface area contributed by atoms with E-state index < -0.39 is 11.0 Å². The molecular weight excluding hydrogens is 234 g/mol. The molecule has 0 saturated carbocycles. The van der Waals surface area contributed by atoms with E-state index in [2.05, 4.69) is 9.72 Å². The van der Waals surface area contributed by atoms with E-state index in [9.17, 15) is 14.9 Å². The van der Waals surface area contributed by atoms with Crippen molar-refractivity contribution < 1.29 is 14.5 Å². The van der Waals surface area contributed by atoms with Crippen molar-refractivity contribution in [1.82, 2.24) is 4.98 Å². The zero-order valence-corrected chi connectivity index (χ0v) is 8.56. The first-order chi connectivity index (χ1) is 7.56. The molecule has 7 nitrogen and oxygen atoms in total. The van der Waals surface area contributed by atoms with Crippen LogP contribution in [0.2, 0.25) is 0 Å². The number of nitro groups is 1. The van der Waals surface area contributed by atoms with Crippen molar-refractivity contribution >= 4 is 33.3 Å². The molecule has 16 heavy (non-hydrogen) atoms. The van der Waals surface area contributed by atoms with Crippen molar-refractivity contribution in [3.05, 3.63) is 28.3 Å². The summed E-state index contributed by atoms with van der Waals surface area (Å²) in [5.41, 5.74) is 5.30. The van der Waals surface area contributed by atoms with Crippen molar-refractivity contribution in [2.45, 2.75) is 0 Å². The van der Waals surface area contributed by atoms with Crippen molar-refractivity contribution in [3.63, 3.8) is 0 Å². The fourth-order valence-electron chi connectivity index (χ4n) is 1.14. The van der Waals surface area contributed by atoms with Gasteiger partial charge in [0.05, 0.1) is 15.1 Å². The topological polar surface area (TPSA) is 108 Å². The normalized spacial score (nSPS) is 10.2. The number of nitro benzene ring substituents is 1. The van der Waals surface area contributed by atoms with Crippen LogP contribution in [0.25, 0.3) is 10.2 Å². The van der Waals surface area contributed by atoms with Crippen LogP contribution >= 0.6 is 11.3 Å².